The first kappa shape index (κ1) is 21.1. The van der Waals surface area contributed by atoms with Crippen molar-refractivity contribution in [1.82, 2.24) is 15.1 Å². The molecule has 0 saturated heterocycles. The van der Waals surface area contributed by atoms with E-state index in [1.807, 2.05) is 25.1 Å². The van der Waals surface area contributed by atoms with Crippen molar-refractivity contribution in [2.24, 2.45) is 5.92 Å². The molecule has 1 heterocycles. The monoisotopic (exact) mass is 396 g/mol. The number of carbonyl (C=O) groups is 2. The number of aromatic nitrogens is 2. The minimum Gasteiger partial charge on any atom is -0.347 e. The first-order valence-corrected chi connectivity index (χ1v) is 10.4. The van der Waals surface area contributed by atoms with Crippen molar-refractivity contribution in [2.75, 3.05) is 11.9 Å². The van der Waals surface area contributed by atoms with Crippen LogP contribution in [0.2, 0.25) is 0 Å². The van der Waals surface area contributed by atoms with Crippen LogP contribution in [0.3, 0.4) is 0 Å². The third-order valence-corrected chi connectivity index (χ3v) is 5.47. The summed E-state index contributed by atoms with van der Waals surface area (Å²) >= 11 is 0. The fourth-order valence-electron chi connectivity index (χ4n) is 3.75. The molecule has 1 fully saturated rings. The number of benzene rings is 1. The molecule has 3 rings (SSSR count). The van der Waals surface area contributed by atoms with E-state index in [-0.39, 0.29) is 29.7 Å². The quantitative estimate of drug-likeness (QED) is 0.801. The minimum absolute atomic E-state index is 0.0177. The van der Waals surface area contributed by atoms with E-state index in [4.69, 9.17) is 5.10 Å². The molecule has 2 aromatic rings. The number of hydrogen-bond acceptors (Lipinski definition) is 3. The maximum atomic E-state index is 12.5. The molecule has 0 bridgehead atoms. The second-order valence-electron chi connectivity index (χ2n) is 9.11. The molecule has 0 atom stereocenters. The maximum Gasteiger partial charge on any atom is 0.244 e. The molecule has 6 nitrogen and oxygen atoms in total. The fourth-order valence-corrected chi connectivity index (χ4v) is 3.75. The molecule has 1 aliphatic carbocycles. The number of carbonyl (C=O) groups excluding carboxylic acids is 2. The second kappa shape index (κ2) is 8.39. The highest BCUT2D eigenvalue weighted by Crippen LogP contribution is 2.28. The van der Waals surface area contributed by atoms with Gasteiger partial charge in [0, 0.05) is 17.4 Å². The Kier molecular flexibility index (Phi) is 6.10. The van der Waals surface area contributed by atoms with Crippen LogP contribution in [0.5, 0.6) is 0 Å². The van der Waals surface area contributed by atoms with Gasteiger partial charge in [0.15, 0.2) is 0 Å². The highest BCUT2D eigenvalue weighted by Gasteiger charge is 2.24. The predicted molar refractivity (Wildman–Crippen MR) is 115 cm³/mol. The predicted octanol–water partition coefficient (Wildman–Crippen LogP) is 4.03. The van der Waals surface area contributed by atoms with Crippen LogP contribution in [0.1, 0.15) is 63.3 Å². The van der Waals surface area contributed by atoms with E-state index in [1.54, 1.807) is 4.68 Å². The Morgan fingerprint density at radius 2 is 1.83 bits per heavy atom. The molecule has 6 heteroatoms. The van der Waals surface area contributed by atoms with E-state index in [0.29, 0.717) is 5.82 Å². The summed E-state index contributed by atoms with van der Waals surface area (Å²) in [5, 5.41) is 10.5. The lowest BCUT2D eigenvalue weighted by molar-refractivity contribution is -0.127. The van der Waals surface area contributed by atoms with Crippen molar-refractivity contribution < 1.29 is 9.59 Å². The summed E-state index contributed by atoms with van der Waals surface area (Å²) < 4.78 is 1.78. The van der Waals surface area contributed by atoms with Gasteiger partial charge in [-0.3, -0.25) is 9.59 Å². The summed E-state index contributed by atoms with van der Waals surface area (Å²) in [6, 6.07) is 8.06. The van der Waals surface area contributed by atoms with Crippen molar-refractivity contribution in [3.05, 3.63) is 41.1 Å². The number of hydrogen-bond donors (Lipinski definition) is 2. The molecule has 0 radical (unpaired) electrons. The molecule has 2 N–H and O–H groups in total. The van der Waals surface area contributed by atoms with Crippen molar-refractivity contribution in [2.45, 2.75) is 65.7 Å². The Labute approximate surface area is 173 Å². The summed E-state index contributed by atoms with van der Waals surface area (Å²) in [6.07, 6.45) is 4.02. The average molecular weight is 397 g/mol. The number of nitrogens with zero attached hydrogens (tertiary/aromatic N) is 2. The zero-order valence-electron chi connectivity index (χ0n) is 18.1. The van der Waals surface area contributed by atoms with Crippen LogP contribution in [-0.4, -0.2) is 28.1 Å². The van der Waals surface area contributed by atoms with Gasteiger partial charge in [-0.2, -0.15) is 5.10 Å². The third-order valence-electron chi connectivity index (χ3n) is 5.47. The average Bonchev–Trinajstić information content (AvgIpc) is 3.29. The first-order chi connectivity index (χ1) is 13.6. The number of amides is 2. The van der Waals surface area contributed by atoms with Gasteiger partial charge in [-0.1, -0.05) is 51.3 Å². The molecule has 29 heavy (non-hydrogen) atoms. The SMILES string of the molecule is Cc1ccc(-n2nc(C(C)(C)C)cc2NC(=O)CNC(=O)C2CCCC2)c(C)c1. The lowest BCUT2D eigenvalue weighted by atomic mass is 9.92. The van der Waals surface area contributed by atoms with Gasteiger partial charge in [0.25, 0.3) is 0 Å². The van der Waals surface area contributed by atoms with Crippen LogP contribution in [-0.2, 0) is 15.0 Å². The summed E-state index contributed by atoms with van der Waals surface area (Å²) in [5.41, 5.74) is 3.92. The van der Waals surface area contributed by atoms with Crippen molar-refractivity contribution >= 4 is 17.6 Å². The highest BCUT2D eigenvalue weighted by molar-refractivity contribution is 5.94. The Hall–Kier alpha value is -2.63. The van der Waals surface area contributed by atoms with Gasteiger partial charge in [-0.05, 0) is 38.3 Å². The van der Waals surface area contributed by atoms with Crippen LogP contribution in [0.15, 0.2) is 24.3 Å². The van der Waals surface area contributed by atoms with Crippen LogP contribution in [0.4, 0.5) is 5.82 Å². The summed E-state index contributed by atoms with van der Waals surface area (Å²) in [4.78, 5) is 24.7. The van der Waals surface area contributed by atoms with Gasteiger partial charge >= 0.3 is 0 Å². The smallest absolute Gasteiger partial charge is 0.244 e. The summed E-state index contributed by atoms with van der Waals surface area (Å²) in [7, 11) is 0. The Morgan fingerprint density at radius 3 is 2.45 bits per heavy atom. The number of nitrogens with one attached hydrogen (secondary N) is 2. The van der Waals surface area contributed by atoms with Crippen molar-refractivity contribution in [1.29, 1.82) is 0 Å². The normalized spacial score (nSPS) is 14.8. The largest absolute Gasteiger partial charge is 0.347 e. The molecule has 1 aromatic carbocycles. The first-order valence-electron chi connectivity index (χ1n) is 10.4. The minimum atomic E-state index is -0.247. The molecule has 0 unspecified atom stereocenters. The molecule has 1 saturated carbocycles. The third kappa shape index (κ3) is 5.05. The van der Waals surface area contributed by atoms with E-state index < -0.39 is 0 Å². The maximum absolute atomic E-state index is 12.5. The zero-order valence-corrected chi connectivity index (χ0v) is 18.1. The van der Waals surface area contributed by atoms with Gasteiger partial charge in [-0.15, -0.1) is 0 Å². The number of aryl methyl sites for hydroxylation is 2. The summed E-state index contributed by atoms with van der Waals surface area (Å²) in [5.74, 6) is 0.400. The molecule has 1 aliphatic rings. The molecule has 156 valence electrons. The van der Waals surface area contributed by atoms with Crippen molar-refractivity contribution in [3.63, 3.8) is 0 Å². The Bertz CT molecular complexity index is 902. The number of rotatable bonds is 5. The standard InChI is InChI=1S/C23H32N4O2/c1-15-10-11-18(16(2)12-15)27-20(13-19(26-27)23(3,4)5)25-21(28)14-24-22(29)17-8-6-7-9-17/h10-13,17H,6-9,14H2,1-5H3,(H,24,29)(H,25,28). The summed E-state index contributed by atoms with van der Waals surface area (Å²) in [6.45, 7) is 10.3. The molecular formula is C23H32N4O2. The second-order valence-corrected chi connectivity index (χ2v) is 9.11. The van der Waals surface area contributed by atoms with Crippen molar-refractivity contribution in [3.8, 4) is 5.69 Å². The molecule has 1 aromatic heterocycles. The Morgan fingerprint density at radius 1 is 1.14 bits per heavy atom. The molecular weight excluding hydrogens is 364 g/mol. The van der Waals surface area contributed by atoms with Crippen LogP contribution >= 0.6 is 0 Å². The Balaban J connectivity index is 1.79. The van der Waals surface area contributed by atoms with E-state index in [2.05, 4.69) is 44.4 Å². The molecule has 0 aliphatic heterocycles. The van der Waals surface area contributed by atoms with Crippen LogP contribution < -0.4 is 10.6 Å². The van der Waals surface area contributed by atoms with Crippen LogP contribution in [0.25, 0.3) is 5.69 Å². The lowest BCUT2D eigenvalue weighted by Crippen LogP contribution is -2.36. The van der Waals surface area contributed by atoms with Gasteiger partial charge in [0.05, 0.1) is 17.9 Å². The van der Waals surface area contributed by atoms with Gasteiger partial charge < -0.3 is 10.6 Å². The molecule has 2 amide bonds. The van der Waals surface area contributed by atoms with E-state index in [0.717, 1.165) is 42.6 Å². The molecule has 0 spiro atoms. The van der Waals surface area contributed by atoms with E-state index >= 15 is 0 Å². The van der Waals surface area contributed by atoms with Gasteiger partial charge in [-0.25, -0.2) is 4.68 Å². The lowest BCUT2D eigenvalue weighted by Gasteiger charge is -2.14. The van der Waals surface area contributed by atoms with Gasteiger partial charge in [0.1, 0.15) is 5.82 Å². The van der Waals surface area contributed by atoms with Gasteiger partial charge in [0.2, 0.25) is 11.8 Å². The number of anilines is 1. The van der Waals surface area contributed by atoms with E-state index in [1.165, 1.54) is 5.56 Å². The topological polar surface area (TPSA) is 76.0 Å². The highest BCUT2D eigenvalue weighted by atomic mass is 16.2. The van der Waals surface area contributed by atoms with Crippen LogP contribution in [0, 0.1) is 19.8 Å². The zero-order chi connectivity index (χ0) is 21.2. The van der Waals surface area contributed by atoms with E-state index in [9.17, 15) is 9.59 Å². The fraction of sp³-hybridized carbons (Fsp3) is 0.522.